The highest BCUT2D eigenvalue weighted by atomic mass is 16.5. The number of carbonyl (C=O) groups excluding carboxylic acids is 1. The highest BCUT2D eigenvalue weighted by Gasteiger charge is 2.26. The lowest BCUT2D eigenvalue weighted by Gasteiger charge is -2.27. The Kier molecular flexibility index (Phi) is 6.12. The maximum atomic E-state index is 11.7. The van der Waals surface area contributed by atoms with Crippen molar-refractivity contribution in [2.75, 3.05) is 19.7 Å². The molecule has 5 nitrogen and oxygen atoms in total. The second kappa shape index (κ2) is 7.36. The minimum atomic E-state index is -0.715. The van der Waals surface area contributed by atoms with Gasteiger partial charge in [0, 0.05) is 13.1 Å². The molecule has 1 amide bonds. The molecule has 0 aromatic carbocycles. The van der Waals surface area contributed by atoms with Gasteiger partial charge in [-0.05, 0) is 39.5 Å². The number of rotatable bonds is 6. The predicted octanol–water partition coefficient (Wildman–Crippen LogP) is 1.51. The first-order valence-corrected chi connectivity index (χ1v) is 6.70. The Morgan fingerprint density at radius 3 is 2.17 bits per heavy atom. The summed E-state index contributed by atoms with van der Waals surface area (Å²) >= 11 is 0. The van der Waals surface area contributed by atoms with Crippen molar-refractivity contribution in [1.29, 1.82) is 0 Å². The van der Waals surface area contributed by atoms with E-state index < -0.39 is 5.97 Å². The van der Waals surface area contributed by atoms with Crippen molar-refractivity contribution in [2.24, 2.45) is 5.92 Å². The average Bonchev–Trinajstić information content (AvgIpc) is 2.38. The molecule has 0 heterocycles. The maximum Gasteiger partial charge on any atom is 0.306 e. The maximum absolute atomic E-state index is 11.7. The van der Waals surface area contributed by atoms with Crippen LogP contribution in [0.5, 0.6) is 0 Å². The van der Waals surface area contributed by atoms with Gasteiger partial charge in [0.15, 0.2) is 0 Å². The van der Waals surface area contributed by atoms with Crippen LogP contribution < -0.4 is 0 Å². The first kappa shape index (κ1) is 15.0. The lowest BCUT2D eigenvalue weighted by atomic mass is 9.87. The molecule has 18 heavy (non-hydrogen) atoms. The number of ether oxygens (including phenoxy) is 1. The predicted molar refractivity (Wildman–Crippen MR) is 67.3 cm³/mol. The number of amides is 1. The summed E-state index contributed by atoms with van der Waals surface area (Å²) in [5.74, 6) is -0.934. The fraction of sp³-hybridized carbons (Fsp3) is 0.846. The second-order valence-corrected chi connectivity index (χ2v) is 4.69. The molecule has 104 valence electrons. The van der Waals surface area contributed by atoms with Crippen LogP contribution in [0.15, 0.2) is 0 Å². The molecule has 1 rings (SSSR count). The summed E-state index contributed by atoms with van der Waals surface area (Å²) in [6.45, 7) is 5.40. The number of carboxylic acids is 1. The summed E-state index contributed by atoms with van der Waals surface area (Å²) in [6.07, 6.45) is 2.82. The summed E-state index contributed by atoms with van der Waals surface area (Å²) in [4.78, 5) is 24.3. The summed E-state index contributed by atoms with van der Waals surface area (Å²) < 4.78 is 5.57. The summed E-state index contributed by atoms with van der Waals surface area (Å²) in [5, 5.41) is 8.88. The van der Waals surface area contributed by atoms with Crippen molar-refractivity contribution in [3.8, 4) is 0 Å². The Hall–Kier alpha value is -1.10. The van der Waals surface area contributed by atoms with Crippen molar-refractivity contribution in [3.63, 3.8) is 0 Å². The van der Waals surface area contributed by atoms with E-state index in [1.165, 1.54) is 0 Å². The number of nitrogens with zero attached hydrogens (tertiary/aromatic N) is 1. The standard InChI is InChI=1S/C13H23NO4/c1-3-14(4-2)12(15)9-18-11-7-5-10(6-8-11)13(16)17/h10-11H,3-9H2,1-2H3,(H,16,17). The summed E-state index contributed by atoms with van der Waals surface area (Å²) in [6, 6.07) is 0. The van der Waals surface area contributed by atoms with Gasteiger partial charge in [-0.1, -0.05) is 0 Å². The van der Waals surface area contributed by atoms with Gasteiger partial charge in [-0.3, -0.25) is 9.59 Å². The zero-order valence-corrected chi connectivity index (χ0v) is 11.2. The van der Waals surface area contributed by atoms with E-state index >= 15 is 0 Å². The molecule has 1 fully saturated rings. The van der Waals surface area contributed by atoms with E-state index in [-0.39, 0.29) is 24.5 Å². The van der Waals surface area contributed by atoms with E-state index in [9.17, 15) is 9.59 Å². The average molecular weight is 257 g/mol. The fourth-order valence-corrected chi connectivity index (χ4v) is 2.33. The highest BCUT2D eigenvalue weighted by molar-refractivity contribution is 5.77. The van der Waals surface area contributed by atoms with Gasteiger partial charge in [-0.2, -0.15) is 0 Å². The molecule has 5 heteroatoms. The molecule has 0 aliphatic heterocycles. The van der Waals surface area contributed by atoms with Crippen LogP contribution >= 0.6 is 0 Å². The molecular formula is C13H23NO4. The third-order valence-corrected chi connectivity index (χ3v) is 3.58. The molecule has 1 N–H and O–H groups in total. The number of aliphatic carboxylic acids is 1. The van der Waals surface area contributed by atoms with Gasteiger partial charge < -0.3 is 14.7 Å². The molecule has 0 saturated heterocycles. The van der Waals surface area contributed by atoms with E-state index in [0.29, 0.717) is 25.9 Å². The summed E-state index contributed by atoms with van der Waals surface area (Å²) in [5.41, 5.74) is 0. The van der Waals surface area contributed by atoms with E-state index in [0.717, 1.165) is 12.8 Å². The normalized spacial score (nSPS) is 23.7. The zero-order valence-electron chi connectivity index (χ0n) is 11.2. The van der Waals surface area contributed by atoms with Crippen LogP contribution in [0.25, 0.3) is 0 Å². The Morgan fingerprint density at radius 2 is 1.72 bits per heavy atom. The molecule has 1 aliphatic carbocycles. The van der Waals surface area contributed by atoms with Gasteiger partial charge in [0.25, 0.3) is 0 Å². The highest BCUT2D eigenvalue weighted by Crippen LogP contribution is 2.26. The lowest BCUT2D eigenvalue weighted by molar-refractivity contribution is -0.146. The van der Waals surface area contributed by atoms with E-state index in [4.69, 9.17) is 9.84 Å². The number of carboxylic acid groups (broad SMARTS) is 1. The number of carbonyl (C=O) groups is 2. The van der Waals surface area contributed by atoms with Crippen LogP contribution in [-0.4, -0.2) is 47.7 Å². The minimum Gasteiger partial charge on any atom is -0.481 e. The molecule has 0 spiro atoms. The van der Waals surface area contributed by atoms with Crippen LogP contribution in [-0.2, 0) is 14.3 Å². The Balaban J connectivity index is 2.25. The molecule has 0 aromatic rings. The number of likely N-dealkylation sites (N-methyl/N-ethyl adjacent to an activating group) is 1. The first-order valence-electron chi connectivity index (χ1n) is 6.70. The van der Waals surface area contributed by atoms with Crippen molar-refractivity contribution in [3.05, 3.63) is 0 Å². The number of hydrogen-bond donors (Lipinski definition) is 1. The SMILES string of the molecule is CCN(CC)C(=O)COC1CCC(C(=O)O)CC1. The first-order chi connectivity index (χ1) is 8.58. The van der Waals surface area contributed by atoms with Crippen molar-refractivity contribution in [1.82, 2.24) is 4.90 Å². The molecule has 0 aromatic heterocycles. The van der Waals surface area contributed by atoms with E-state index in [1.54, 1.807) is 4.90 Å². The molecule has 0 atom stereocenters. The molecule has 0 bridgehead atoms. The van der Waals surface area contributed by atoms with Crippen LogP contribution in [0.3, 0.4) is 0 Å². The molecule has 1 aliphatic rings. The van der Waals surface area contributed by atoms with E-state index in [1.807, 2.05) is 13.8 Å². The topological polar surface area (TPSA) is 66.8 Å². The lowest BCUT2D eigenvalue weighted by Crippen LogP contribution is -2.35. The van der Waals surface area contributed by atoms with E-state index in [2.05, 4.69) is 0 Å². The zero-order chi connectivity index (χ0) is 13.5. The van der Waals surface area contributed by atoms with Crippen LogP contribution in [0, 0.1) is 5.92 Å². The number of hydrogen-bond acceptors (Lipinski definition) is 3. The Morgan fingerprint density at radius 1 is 1.17 bits per heavy atom. The molecule has 0 unspecified atom stereocenters. The van der Waals surface area contributed by atoms with Gasteiger partial charge in [-0.15, -0.1) is 0 Å². The van der Waals surface area contributed by atoms with Gasteiger partial charge in [0.05, 0.1) is 12.0 Å². The van der Waals surface area contributed by atoms with Crippen molar-refractivity contribution < 1.29 is 19.4 Å². The molecule has 0 radical (unpaired) electrons. The molecule has 1 saturated carbocycles. The van der Waals surface area contributed by atoms with Crippen molar-refractivity contribution in [2.45, 2.75) is 45.6 Å². The van der Waals surface area contributed by atoms with Crippen molar-refractivity contribution >= 4 is 11.9 Å². The van der Waals surface area contributed by atoms with Gasteiger partial charge in [-0.25, -0.2) is 0 Å². The van der Waals surface area contributed by atoms with Crippen LogP contribution in [0.2, 0.25) is 0 Å². The Bertz CT molecular complexity index is 281. The largest absolute Gasteiger partial charge is 0.481 e. The van der Waals surface area contributed by atoms with Gasteiger partial charge >= 0.3 is 5.97 Å². The quantitative estimate of drug-likeness (QED) is 0.783. The smallest absolute Gasteiger partial charge is 0.306 e. The second-order valence-electron chi connectivity index (χ2n) is 4.69. The van der Waals surface area contributed by atoms with Gasteiger partial charge in [0.1, 0.15) is 6.61 Å². The Labute approximate surface area is 108 Å². The fourth-order valence-electron chi connectivity index (χ4n) is 2.33. The minimum absolute atomic E-state index is 0.0142. The monoisotopic (exact) mass is 257 g/mol. The van der Waals surface area contributed by atoms with Crippen LogP contribution in [0.1, 0.15) is 39.5 Å². The third-order valence-electron chi connectivity index (χ3n) is 3.58. The van der Waals surface area contributed by atoms with Gasteiger partial charge in [0.2, 0.25) is 5.91 Å². The summed E-state index contributed by atoms with van der Waals surface area (Å²) in [7, 11) is 0. The molecular weight excluding hydrogens is 234 g/mol. The third kappa shape index (κ3) is 4.29. The van der Waals surface area contributed by atoms with Crippen LogP contribution in [0.4, 0.5) is 0 Å².